The number of fused-ring (bicyclic) bond motifs is 1. The molecule has 28 heavy (non-hydrogen) atoms. The molecule has 0 unspecified atom stereocenters. The Morgan fingerprint density at radius 3 is 2.46 bits per heavy atom. The van der Waals surface area contributed by atoms with Crippen LogP contribution in [0.5, 0.6) is 0 Å². The SMILES string of the molecule is CC(=O)N1CCN(C(=O)CCCNC(=O)c2c(C)nc3c(C)cccn23)CC1. The highest BCUT2D eigenvalue weighted by atomic mass is 16.2. The molecular formula is C20H27N5O3. The van der Waals surface area contributed by atoms with Crippen LogP contribution in [0.2, 0.25) is 0 Å². The fourth-order valence-electron chi connectivity index (χ4n) is 3.54. The zero-order chi connectivity index (χ0) is 20.3. The number of rotatable bonds is 5. The van der Waals surface area contributed by atoms with Crippen LogP contribution in [0, 0.1) is 13.8 Å². The van der Waals surface area contributed by atoms with Crippen molar-refractivity contribution in [3.8, 4) is 0 Å². The molecule has 1 aliphatic heterocycles. The monoisotopic (exact) mass is 385 g/mol. The summed E-state index contributed by atoms with van der Waals surface area (Å²) < 4.78 is 1.81. The standard InChI is InChI=1S/C20H27N5O3/c1-14-6-5-9-25-18(15(2)22-19(14)25)20(28)21-8-4-7-17(27)24-12-10-23(11-13-24)16(3)26/h5-6,9H,4,7-8,10-13H2,1-3H3,(H,21,28). The Morgan fingerprint density at radius 1 is 1.11 bits per heavy atom. The topological polar surface area (TPSA) is 87.0 Å². The lowest BCUT2D eigenvalue weighted by atomic mass is 10.2. The van der Waals surface area contributed by atoms with Crippen molar-refractivity contribution < 1.29 is 14.4 Å². The van der Waals surface area contributed by atoms with Gasteiger partial charge in [-0.05, 0) is 31.9 Å². The van der Waals surface area contributed by atoms with Crippen LogP contribution in [0.15, 0.2) is 18.3 Å². The van der Waals surface area contributed by atoms with Gasteiger partial charge in [0.1, 0.15) is 11.3 Å². The van der Waals surface area contributed by atoms with Crippen LogP contribution in [-0.4, -0.2) is 69.6 Å². The van der Waals surface area contributed by atoms with Gasteiger partial charge in [-0.25, -0.2) is 4.98 Å². The number of nitrogens with one attached hydrogen (secondary N) is 1. The molecule has 150 valence electrons. The third-order valence-electron chi connectivity index (χ3n) is 5.17. The van der Waals surface area contributed by atoms with Gasteiger partial charge in [0.25, 0.3) is 5.91 Å². The van der Waals surface area contributed by atoms with Crippen molar-refractivity contribution in [2.45, 2.75) is 33.6 Å². The molecule has 2 aromatic rings. The number of pyridine rings is 1. The molecule has 0 aliphatic carbocycles. The van der Waals surface area contributed by atoms with E-state index in [2.05, 4.69) is 10.3 Å². The van der Waals surface area contributed by atoms with E-state index in [1.165, 1.54) is 0 Å². The summed E-state index contributed by atoms with van der Waals surface area (Å²) in [4.78, 5) is 44.3. The van der Waals surface area contributed by atoms with Crippen molar-refractivity contribution in [1.82, 2.24) is 24.5 Å². The predicted octanol–water partition coefficient (Wildman–Crippen LogP) is 1.15. The molecule has 3 rings (SSSR count). The minimum atomic E-state index is -0.182. The third kappa shape index (κ3) is 4.16. The van der Waals surface area contributed by atoms with E-state index in [1.54, 1.807) is 21.1 Å². The summed E-state index contributed by atoms with van der Waals surface area (Å²) in [6, 6.07) is 3.86. The Morgan fingerprint density at radius 2 is 1.79 bits per heavy atom. The number of amides is 3. The third-order valence-corrected chi connectivity index (χ3v) is 5.17. The lowest BCUT2D eigenvalue weighted by Crippen LogP contribution is -2.50. The van der Waals surface area contributed by atoms with Crippen LogP contribution >= 0.6 is 0 Å². The first kappa shape index (κ1) is 19.9. The molecule has 0 aromatic carbocycles. The fraction of sp³-hybridized carbons (Fsp3) is 0.500. The van der Waals surface area contributed by atoms with E-state index in [0.29, 0.717) is 57.0 Å². The lowest BCUT2D eigenvalue weighted by molar-refractivity contribution is -0.138. The molecule has 0 atom stereocenters. The van der Waals surface area contributed by atoms with Crippen molar-refractivity contribution in [2.75, 3.05) is 32.7 Å². The van der Waals surface area contributed by atoms with E-state index in [1.807, 2.05) is 32.2 Å². The largest absolute Gasteiger partial charge is 0.351 e. The number of aromatic nitrogens is 2. The van der Waals surface area contributed by atoms with Gasteiger partial charge in [-0.1, -0.05) is 6.07 Å². The Balaban J connectivity index is 1.48. The molecule has 2 aromatic heterocycles. The number of hydrogen-bond acceptors (Lipinski definition) is 4. The summed E-state index contributed by atoms with van der Waals surface area (Å²) in [6.07, 6.45) is 2.79. The highest BCUT2D eigenvalue weighted by Crippen LogP contribution is 2.15. The van der Waals surface area contributed by atoms with Crippen LogP contribution in [0.3, 0.4) is 0 Å². The minimum absolute atomic E-state index is 0.0488. The van der Waals surface area contributed by atoms with Crippen LogP contribution in [0.25, 0.3) is 5.65 Å². The summed E-state index contributed by atoms with van der Waals surface area (Å²) in [7, 11) is 0. The Labute approximate surface area is 164 Å². The van der Waals surface area contributed by atoms with Crippen LogP contribution in [-0.2, 0) is 9.59 Å². The van der Waals surface area contributed by atoms with E-state index in [0.717, 1.165) is 11.2 Å². The predicted molar refractivity (Wildman–Crippen MR) is 105 cm³/mol. The second-order valence-corrected chi connectivity index (χ2v) is 7.18. The lowest BCUT2D eigenvalue weighted by Gasteiger charge is -2.34. The van der Waals surface area contributed by atoms with Gasteiger partial charge in [-0.2, -0.15) is 0 Å². The Bertz CT molecular complexity index is 897. The second kappa shape index (κ2) is 8.41. The van der Waals surface area contributed by atoms with Gasteiger partial charge in [-0.3, -0.25) is 18.8 Å². The van der Waals surface area contributed by atoms with Gasteiger partial charge in [0.15, 0.2) is 0 Å². The van der Waals surface area contributed by atoms with E-state index in [-0.39, 0.29) is 17.7 Å². The van der Waals surface area contributed by atoms with Crippen molar-refractivity contribution in [1.29, 1.82) is 0 Å². The van der Waals surface area contributed by atoms with Crippen LogP contribution < -0.4 is 5.32 Å². The highest BCUT2D eigenvalue weighted by Gasteiger charge is 2.22. The van der Waals surface area contributed by atoms with Crippen molar-refractivity contribution in [3.05, 3.63) is 35.3 Å². The van der Waals surface area contributed by atoms with E-state index < -0.39 is 0 Å². The molecule has 1 saturated heterocycles. The zero-order valence-corrected chi connectivity index (χ0v) is 16.7. The Kier molecular flexibility index (Phi) is 5.96. The van der Waals surface area contributed by atoms with Gasteiger partial charge in [-0.15, -0.1) is 0 Å². The molecule has 0 radical (unpaired) electrons. The van der Waals surface area contributed by atoms with Crippen LogP contribution in [0.4, 0.5) is 0 Å². The first-order chi connectivity index (χ1) is 13.4. The number of hydrogen-bond donors (Lipinski definition) is 1. The molecule has 0 bridgehead atoms. The molecule has 8 nitrogen and oxygen atoms in total. The normalized spacial score (nSPS) is 14.4. The summed E-state index contributed by atoms with van der Waals surface area (Å²) >= 11 is 0. The number of carbonyl (C=O) groups excluding carboxylic acids is 3. The van der Waals surface area contributed by atoms with E-state index in [4.69, 9.17) is 0 Å². The fourth-order valence-corrected chi connectivity index (χ4v) is 3.54. The van der Waals surface area contributed by atoms with Gasteiger partial charge in [0.2, 0.25) is 11.8 Å². The molecule has 1 fully saturated rings. The minimum Gasteiger partial charge on any atom is -0.351 e. The maximum absolute atomic E-state index is 12.6. The van der Waals surface area contributed by atoms with Crippen molar-refractivity contribution in [3.63, 3.8) is 0 Å². The first-order valence-electron chi connectivity index (χ1n) is 9.64. The summed E-state index contributed by atoms with van der Waals surface area (Å²) in [5.74, 6) is -0.0649. The summed E-state index contributed by atoms with van der Waals surface area (Å²) in [6.45, 7) is 8.09. The number of nitrogens with zero attached hydrogens (tertiary/aromatic N) is 4. The summed E-state index contributed by atoms with van der Waals surface area (Å²) in [5.41, 5.74) is 3.02. The van der Waals surface area contributed by atoms with Gasteiger partial charge >= 0.3 is 0 Å². The first-order valence-corrected chi connectivity index (χ1v) is 9.64. The Hall–Kier alpha value is -2.90. The average Bonchev–Trinajstić information content (AvgIpc) is 3.02. The number of carbonyl (C=O) groups is 3. The molecule has 0 spiro atoms. The summed E-state index contributed by atoms with van der Waals surface area (Å²) in [5, 5.41) is 2.89. The molecule has 3 amide bonds. The second-order valence-electron chi connectivity index (χ2n) is 7.18. The zero-order valence-electron chi connectivity index (χ0n) is 16.7. The van der Waals surface area contributed by atoms with E-state index in [9.17, 15) is 14.4 Å². The maximum Gasteiger partial charge on any atom is 0.270 e. The molecule has 1 N–H and O–H groups in total. The number of imidazole rings is 1. The van der Waals surface area contributed by atoms with Crippen LogP contribution in [0.1, 0.15) is 41.5 Å². The molecular weight excluding hydrogens is 358 g/mol. The average molecular weight is 385 g/mol. The van der Waals surface area contributed by atoms with Crippen molar-refractivity contribution in [2.24, 2.45) is 0 Å². The van der Waals surface area contributed by atoms with Crippen molar-refractivity contribution >= 4 is 23.4 Å². The highest BCUT2D eigenvalue weighted by molar-refractivity contribution is 5.94. The van der Waals surface area contributed by atoms with Gasteiger partial charge < -0.3 is 15.1 Å². The smallest absolute Gasteiger partial charge is 0.270 e. The van der Waals surface area contributed by atoms with Gasteiger partial charge in [0, 0.05) is 52.3 Å². The number of piperazine rings is 1. The number of aryl methyl sites for hydroxylation is 2. The van der Waals surface area contributed by atoms with E-state index >= 15 is 0 Å². The molecule has 8 heteroatoms. The molecule has 3 heterocycles. The molecule has 0 saturated carbocycles. The molecule has 1 aliphatic rings. The maximum atomic E-state index is 12.6. The van der Waals surface area contributed by atoms with Gasteiger partial charge in [0.05, 0.1) is 5.69 Å². The quantitative estimate of drug-likeness (QED) is 0.783.